The number of para-hydroxylation sites is 1. The first-order valence-corrected chi connectivity index (χ1v) is 14.6. The van der Waals surface area contributed by atoms with Crippen molar-refractivity contribution < 1.29 is 9.59 Å². The summed E-state index contributed by atoms with van der Waals surface area (Å²) in [6.07, 6.45) is 3.78. The molecule has 5 heteroatoms. The van der Waals surface area contributed by atoms with Crippen LogP contribution in [0.1, 0.15) is 68.1 Å². The van der Waals surface area contributed by atoms with E-state index in [9.17, 15) is 9.59 Å². The number of rotatable bonds is 3. The lowest BCUT2D eigenvalue weighted by Crippen LogP contribution is -2.22. The van der Waals surface area contributed by atoms with Crippen LogP contribution in [0.4, 0.5) is 0 Å². The van der Waals surface area contributed by atoms with Crippen LogP contribution < -0.4 is 0 Å². The monoisotopic (exact) mass is 557 g/mol. The van der Waals surface area contributed by atoms with Gasteiger partial charge in [-0.1, -0.05) is 75.5 Å². The van der Waals surface area contributed by atoms with E-state index in [1.807, 2.05) is 54.6 Å². The number of nitrogens with zero attached hydrogens (tertiary/aromatic N) is 1. The van der Waals surface area contributed by atoms with Crippen molar-refractivity contribution in [2.75, 3.05) is 0 Å². The maximum absolute atomic E-state index is 13.5. The molecule has 0 saturated carbocycles. The number of carbonyl (C=O) groups is 2. The highest BCUT2D eigenvalue weighted by atomic mass is 33.1. The molecule has 5 aromatic rings. The molecule has 0 aliphatic heterocycles. The van der Waals surface area contributed by atoms with Crippen LogP contribution in [0.3, 0.4) is 0 Å². The zero-order chi connectivity index (χ0) is 28.3. The molecule has 0 spiro atoms. The number of ketones is 2. The van der Waals surface area contributed by atoms with Gasteiger partial charge in [0.25, 0.3) is 0 Å². The Morgan fingerprint density at radius 3 is 1.82 bits per heavy atom. The second kappa shape index (κ2) is 9.54. The molecule has 40 heavy (non-hydrogen) atoms. The summed E-state index contributed by atoms with van der Waals surface area (Å²) in [4.78, 5) is 27.0. The zero-order valence-corrected chi connectivity index (χ0v) is 24.0. The van der Waals surface area contributed by atoms with E-state index >= 15 is 0 Å². The summed E-state index contributed by atoms with van der Waals surface area (Å²) < 4.78 is 2.22. The zero-order valence-electron chi connectivity index (χ0n) is 22.2. The molecule has 0 saturated heterocycles. The molecule has 0 atom stereocenters. The molecule has 2 aliphatic rings. The number of fused-ring (bicyclic) bond motifs is 6. The Morgan fingerprint density at radius 1 is 0.675 bits per heavy atom. The van der Waals surface area contributed by atoms with Crippen LogP contribution in [0.5, 0.6) is 0 Å². The Morgan fingerprint density at radius 2 is 1.23 bits per heavy atom. The van der Waals surface area contributed by atoms with E-state index < -0.39 is 0 Å². The predicted molar refractivity (Wildman–Crippen MR) is 172 cm³/mol. The first-order chi connectivity index (χ1) is 19.4. The first-order valence-electron chi connectivity index (χ1n) is 13.0. The van der Waals surface area contributed by atoms with Gasteiger partial charge in [0.1, 0.15) is 0 Å². The summed E-state index contributed by atoms with van der Waals surface area (Å²) in [5.41, 5.74) is 10.0. The maximum atomic E-state index is 13.5. The fraction of sp³-hybridized carbons (Fsp3) is 0.0857. The van der Waals surface area contributed by atoms with Gasteiger partial charge < -0.3 is 4.57 Å². The number of benzene rings is 4. The molecule has 0 fully saturated rings. The van der Waals surface area contributed by atoms with Crippen LogP contribution in [0.15, 0.2) is 92.0 Å². The summed E-state index contributed by atoms with van der Waals surface area (Å²) in [5.74, 6) is -0.184. The van der Waals surface area contributed by atoms with Crippen molar-refractivity contribution in [2.45, 2.75) is 19.3 Å². The Kier molecular flexibility index (Phi) is 6.25. The maximum Gasteiger partial charge on any atom is 0.194 e. The molecule has 1 aromatic heterocycles. The Balaban J connectivity index is 0.00000142. The van der Waals surface area contributed by atoms with Crippen molar-refractivity contribution in [3.8, 4) is 16.8 Å². The second-order valence-electron chi connectivity index (χ2n) is 10.6. The third-order valence-electron chi connectivity index (χ3n) is 8.30. The first kappa shape index (κ1) is 26.2. The van der Waals surface area contributed by atoms with E-state index in [1.165, 1.54) is 5.56 Å². The smallest absolute Gasteiger partial charge is 0.194 e. The predicted octanol–water partition coefficient (Wildman–Crippen LogP) is 8.76. The molecule has 0 unspecified atom stereocenters. The van der Waals surface area contributed by atoms with Crippen LogP contribution >= 0.6 is 23.3 Å². The molecule has 0 N–H and O–H groups in total. The van der Waals surface area contributed by atoms with Gasteiger partial charge in [0.05, 0.1) is 11.2 Å². The van der Waals surface area contributed by atoms with E-state index in [0.717, 1.165) is 44.5 Å². The second-order valence-corrected chi connectivity index (χ2v) is 10.6. The Bertz CT molecular complexity index is 1910. The lowest BCUT2D eigenvalue weighted by Gasteiger charge is -2.24. The van der Waals surface area contributed by atoms with Gasteiger partial charge in [-0.15, -0.1) is 23.3 Å². The molecule has 3 nitrogen and oxygen atoms in total. The average molecular weight is 558 g/mol. The molecule has 0 amide bonds. The molecular weight excluding hydrogens is 531 g/mol. The number of hydrogen-bond donors (Lipinski definition) is 2. The number of thiol groups is 2. The molecule has 1 heterocycles. The van der Waals surface area contributed by atoms with Gasteiger partial charge >= 0.3 is 0 Å². The van der Waals surface area contributed by atoms with Crippen molar-refractivity contribution in [2.24, 2.45) is 0 Å². The summed E-state index contributed by atoms with van der Waals surface area (Å²) in [5, 5.41) is 1.10. The van der Waals surface area contributed by atoms with E-state index in [2.05, 4.69) is 79.2 Å². The van der Waals surface area contributed by atoms with Crippen molar-refractivity contribution >= 4 is 57.9 Å². The van der Waals surface area contributed by atoms with E-state index in [-0.39, 0.29) is 17.0 Å². The minimum Gasteiger partial charge on any atom is -0.309 e. The lowest BCUT2D eigenvalue weighted by atomic mass is 9.78. The SMILES string of the molecule is C=Cc1c(C=C)n(-c2ccccc2)c2cc3c(cc12)C(C)(C)c1cc2c(cc1-3)C(=O)c1ccccc1C2=O.SS. The van der Waals surface area contributed by atoms with Crippen molar-refractivity contribution in [3.05, 3.63) is 137 Å². The van der Waals surface area contributed by atoms with Gasteiger partial charge in [0.15, 0.2) is 11.6 Å². The Hall–Kier alpha value is -4.06. The van der Waals surface area contributed by atoms with Gasteiger partial charge in [-0.3, -0.25) is 9.59 Å². The number of hydrogen-bond acceptors (Lipinski definition) is 4. The third kappa shape index (κ3) is 3.48. The number of aromatic nitrogens is 1. The summed E-state index contributed by atoms with van der Waals surface area (Å²) in [6.45, 7) is 12.6. The van der Waals surface area contributed by atoms with Crippen LogP contribution in [0, 0.1) is 0 Å². The molecule has 7 rings (SSSR count). The van der Waals surface area contributed by atoms with Gasteiger partial charge in [0, 0.05) is 44.3 Å². The van der Waals surface area contributed by atoms with Crippen LogP contribution in [0.2, 0.25) is 0 Å². The molecule has 0 bridgehead atoms. The molecule has 2 aliphatic carbocycles. The molecule has 4 aromatic carbocycles. The van der Waals surface area contributed by atoms with E-state index in [0.29, 0.717) is 22.3 Å². The highest BCUT2D eigenvalue weighted by Gasteiger charge is 2.40. The molecule has 196 valence electrons. The van der Waals surface area contributed by atoms with Gasteiger partial charge in [0.2, 0.25) is 0 Å². The van der Waals surface area contributed by atoms with E-state index in [4.69, 9.17) is 0 Å². The van der Waals surface area contributed by atoms with E-state index in [1.54, 1.807) is 12.1 Å². The molecule has 0 radical (unpaired) electrons. The average Bonchev–Trinajstić information content (AvgIpc) is 3.43. The number of carbonyl (C=O) groups excluding carboxylic acids is 2. The van der Waals surface area contributed by atoms with Crippen LogP contribution in [-0.2, 0) is 5.41 Å². The summed E-state index contributed by atoms with van der Waals surface area (Å²) in [7, 11) is 0. The topological polar surface area (TPSA) is 39.1 Å². The summed E-state index contributed by atoms with van der Waals surface area (Å²) >= 11 is 6.44. The van der Waals surface area contributed by atoms with Crippen molar-refractivity contribution in [3.63, 3.8) is 0 Å². The van der Waals surface area contributed by atoms with Crippen LogP contribution in [-0.4, -0.2) is 16.1 Å². The van der Waals surface area contributed by atoms with Crippen molar-refractivity contribution in [1.82, 2.24) is 4.57 Å². The fourth-order valence-electron chi connectivity index (χ4n) is 6.42. The third-order valence-corrected chi connectivity index (χ3v) is 8.30. The fourth-order valence-corrected chi connectivity index (χ4v) is 6.42. The van der Waals surface area contributed by atoms with Crippen LogP contribution in [0.25, 0.3) is 39.9 Å². The Labute approximate surface area is 244 Å². The van der Waals surface area contributed by atoms with Crippen molar-refractivity contribution in [1.29, 1.82) is 0 Å². The summed E-state index contributed by atoms with van der Waals surface area (Å²) in [6, 6.07) is 25.7. The normalized spacial score (nSPS) is 14.0. The highest BCUT2D eigenvalue weighted by Crippen LogP contribution is 2.52. The van der Waals surface area contributed by atoms with Gasteiger partial charge in [-0.2, -0.15) is 0 Å². The molecular formula is C35H27NO2S2. The largest absolute Gasteiger partial charge is 0.309 e. The quantitative estimate of drug-likeness (QED) is 0.169. The van der Waals surface area contributed by atoms with Gasteiger partial charge in [-0.25, -0.2) is 0 Å². The van der Waals surface area contributed by atoms with Gasteiger partial charge in [-0.05, 0) is 64.7 Å². The minimum atomic E-state index is -0.351. The highest BCUT2D eigenvalue weighted by molar-refractivity contribution is 8.59. The standard InChI is InChI=1S/C35H25NO2.H2S2/c1-5-21-26-17-29-25(19-32(26)36(31(21)6-2)20-12-8-7-9-13-20)24-16-27-28(18-30(24)35(29,3)4)34(38)23-15-11-10-14-22(23)33(27)37;1-2/h5-19H,1-2H2,3-4H3;1-2H. The lowest BCUT2D eigenvalue weighted by molar-refractivity contribution is 0.0979. The minimum absolute atomic E-state index is 0.0880.